The number of nitro groups is 1. The standard InChI is InChI=1S/C12H10ClN3O3/c1-8(15-7-11(6-14-15)16(18)19)12(17)9-3-2-4-10(13)5-9/h2-8H,1H3. The quantitative estimate of drug-likeness (QED) is 0.490. The van der Waals surface area contributed by atoms with Gasteiger partial charge >= 0.3 is 5.69 Å². The topological polar surface area (TPSA) is 78.0 Å². The second-order valence-corrected chi connectivity index (χ2v) is 4.42. The maximum atomic E-state index is 12.2. The van der Waals surface area contributed by atoms with E-state index in [0.717, 1.165) is 6.20 Å². The fraction of sp³-hybridized carbons (Fsp3) is 0.167. The lowest BCUT2D eigenvalue weighted by atomic mass is 10.1. The van der Waals surface area contributed by atoms with Gasteiger partial charge < -0.3 is 0 Å². The van der Waals surface area contributed by atoms with Gasteiger partial charge in [0, 0.05) is 10.6 Å². The highest BCUT2D eigenvalue weighted by Crippen LogP contribution is 2.19. The molecule has 0 aliphatic heterocycles. The third-order valence-corrected chi connectivity index (χ3v) is 2.92. The molecule has 19 heavy (non-hydrogen) atoms. The lowest BCUT2D eigenvalue weighted by molar-refractivity contribution is -0.385. The fourth-order valence-corrected chi connectivity index (χ4v) is 1.83. The van der Waals surface area contributed by atoms with Gasteiger partial charge in [0.2, 0.25) is 0 Å². The van der Waals surface area contributed by atoms with Crippen LogP contribution in [0.15, 0.2) is 36.7 Å². The van der Waals surface area contributed by atoms with Crippen LogP contribution in [0.1, 0.15) is 23.3 Å². The molecule has 7 heteroatoms. The van der Waals surface area contributed by atoms with Gasteiger partial charge in [0.05, 0.1) is 4.92 Å². The maximum Gasteiger partial charge on any atom is 0.307 e. The van der Waals surface area contributed by atoms with Crippen molar-refractivity contribution in [2.45, 2.75) is 13.0 Å². The molecular formula is C12H10ClN3O3. The van der Waals surface area contributed by atoms with E-state index in [1.165, 1.54) is 10.9 Å². The van der Waals surface area contributed by atoms with E-state index >= 15 is 0 Å². The van der Waals surface area contributed by atoms with Gasteiger partial charge in [-0.1, -0.05) is 23.7 Å². The lowest BCUT2D eigenvalue weighted by Crippen LogP contribution is -2.17. The van der Waals surface area contributed by atoms with Crippen LogP contribution in [0.3, 0.4) is 0 Å². The van der Waals surface area contributed by atoms with Crippen molar-refractivity contribution >= 4 is 23.1 Å². The third-order valence-electron chi connectivity index (χ3n) is 2.68. The molecule has 0 aliphatic carbocycles. The molecule has 2 rings (SSSR count). The van der Waals surface area contributed by atoms with E-state index in [1.807, 2.05) is 0 Å². The number of Topliss-reactive ketones (excluding diaryl/α,β-unsaturated/α-hetero) is 1. The molecule has 1 aromatic carbocycles. The van der Waals surface area contributed by atoms with E-state index in [9.17, 15) is 14.9 Å². The van der Waals surface area contributed by atoms with Gasteiger partial charge in [-0.05, 0) is 19.1 Å². The highest BCUT2D eigenvalue weighted by molar-refractivity contribution is 6.31. The van der Waals surface area contributed by atoms with Gasteiger partial charge in [-0.2, -0.15) is 5.10 Å². The number of carbonyl (C=O) groups excluding carboxylic acids is 1. The van der Waals surface area contributed by atoms with E-state index in [1.54, 1.807) is 31.2 Å². The minimum atomic E-state index is -0.632. The number of benzene rings is 1. The van der Waals surface area contributed by atoms with Crippen LogP contribution in [0.5, 0.6) is 0 Å². The molecule has 0 radical (unpaired) electrons. The molecule has 1 aromatic heterocycles. The van der Waals surface area contributed by atoms with Gasteiger partial charge in [0.1, 0.15) is 18.4 Å². The summed E-state index contributed by atoms with van der Waals surface area (Å²) in [6.45, 7) is 1.62. The first kappa shape index (κ1) is 13.2. The molecule has 0 N–H and O–H groups in total. The summed E-state index contributed by atoms with van der Waals surface area (Å²) in [5.41, 5.74) is 0.295. The average molecular weight is 280 g/mol. The number of hydrogen-bond donors (Lipinski definition) is 0. The van der Waals surface area contributed by atoms with Crippen molar-refractivity contribution in [2.75, 3.05) is 0 Å². The molecule has 1 atom stereocenters. The summed E-state index contributed by atoms with van der Waals surface area (Å²) in [6.07, 6.45) is 2.34. The summed E-state index contributed by atoms with van der Waals surface area (Å²) in [5, 5.41) is 14.9. The number of aromatic nitrogens is 2. The van der Waals surface area contributed by atoms with Crippen molar-refractivity contribution in [3.63, 3.8) is 0 Å². The van der Waals surface area contributed by atoms with Gasteiger partial charge in [-0.25, -0.2) is 0 Å². The molecule has 0 amide bonds. The van der Waals surface area contributed by atoms with Crippen LogP contribution in [0.2, 0.25) is 5.02 Å². The first-order chi connectivity index (χ1) is 8.99. The molecule has 0 fully saturated rings. The Balaban J connectivity index is 2.25. The van der Waals surface area contributed by atoms with E-state index in [-0.39, 0.29) is 11.5 Å². The minimum absolute atomic E-state index is 0.147. The number of halogens is 1. The summed E-state index contributed by atoms with van der Waals surface area (Å²) >= 11 is 5.82. The number of carbonyl (C=O) groups is 1. The van der Waals surface area contributed by atoms with E-state index < -0.39 is 11.0 Å². The zero-order chi connectivity index (χ0) is 14.0. The van der Waals surface area contributed by atoms with Crippen LogP contribution in [-0.2, 0) is 0 Å². The molecular weight excluding hydrogens is 270 g/mol. The third kappa shape index (κ3) is 2.79. The van der Waals surface area contributed by atoms with Crippen molar-refractivity contribution in [1.82, 2.24) is 9.78 Å². The Morgan fingerprint density at radius 1 is 1.53 bits per heavy atom. The Hall–Kier alpha value is -2.21. The second kappa shape index (κ2) is 5.19. The molecule has 0 bridgehead atoms. The van der Waals surface area contributed by atoms with Crippen LogP contribution < -0.4 is 0 Å². The van der Waals surface area contributed by atoms with E-state index in [0.29, 0.717) is 10.6 Å². The monoisotopic (exact) mass is 279 g/mol. The summed E-state index contributed by atoms with van der Waals surface area (Å²) in [6, 6.07) is 5.91. The normalized spacial score (nSPS) is 12.1. The highest BCUT2D eigenvalue weighted by Gasteiger charge is 2.20. The molecule has 6 nitrogen and oxygen atoms in total. The summed E-state index contributed by atoms with van der Waals surface area (Å²) in [7, 11) is 0. The Morgan fingerprint density at radius 2 is 2.26 bits per heavy atom. The van der Waals surface area contributed by atoms with Crippen molar-refractivity contribution < 1.29 is 9.72 Å². The predicted molar refractivity (Wildman–Crippen MR) is 69.4 cm³/mol. The molecule has 0 aliphatic rings. The number of nitrogens with zero attached hydrogens (tertiary/aromatic N) is 3. The highest BCUT2D eigenvalue weighted by atomic mass is 35.5. The SMILES string of the molecule is CC(C(=O)c1cccc(Cl)c1)n1cc([N+](=O)[O-])cn1. The Morgan fingerprint density at radius 3 is 2.84 bits per heavy atom. The van der Waals surface area contributed by atoms with Crippen LogP contribution in [-0.4, -0.2) is 20.5 Å². The Labute approximate surface area is 113 Å². The predicted octanol–water partition coefficient (Wildman–Crippen LogP) is 2.89. The van der Waals surface area contributed by atoms with Crippen molar-refractivity contribution in [3.05, 3.63) is 57.4 Å². The molecule has 1 heterocycles. The van der Waals surface area contributed by atoms with Gasteiger partial charge in [-0.3, -0.25) is 19.6 Å². The molecule has 2 aromatic rings. The zero-order valence-electron chi connectivity index (χ0n) is 9.99. The second-order valence-electron chi connectivity index (χ2n) is 3.99. The largest absolute Gasteiger partial charge is 0.307 e. The van der Waals surface area contributed by atoms with Crippen molar-refractivity contribution in [1.29, 1.82) is 0 Å². The molecule has 1 unspecified atom stereocenters. The number of ketones is 1. The Bertz CT molecular complexity index is 639. The maximum absolute atomic E-state index is 12.2. The van der Waals surface area contributed by atoms with E-state index in [2.05, 4.69) is 5.10 Å². The fourth-order valence-electron chi connectivity index (χ4n) is 1.64. The molecule has 0 saturated heterocycles. The molecule has 0 spiro atoms. The van der Waals surface area contributed by atoms with Crippen LogP contribution in [0.25, 0.3) is 0 Å². The Kier molecular flexibility index (Phi) is 3.62. The molecule has 0 saturated carbocycles. The summed E-state index contributed by atoms with van der Waals surface area (Å²) in [5.74, 6) is -0.208. The zero-order valence-corrected chi connectivity index (χ0v) is 10.7. The van der Waals surface area contributed by atoms with E-state index in [4.69, 9.17) is 11.6 Å². The molecule has 98 valence electrons. The first-order valence-electron chi connectivity index (χ1n) is 5.47. The summed E-state index contributed by atoms with van der Waals surface area (Å²) in [4.78, 5) is 22.2. The number of hydrogen-bond acceptors (Lipinski definition) is 4. The van der Waals surface area contributed by atoms with Crippen LogP contribution in [0.4, 0.5) is 5.69 Å². The first-order valence-corrected chi connectivity index (χ1v) is 5.85. The number of rotatable bonds is 4. The van der Waals surface area contributed by atoms with Gasteiger partial charge in [-0.15, -0.1) is 0 Å². The lowest BCUT2D eigenvalue weighted by Gasteiger charge is -2.10. The smallest absolute Gasteiger partial charge is 0.292 e. The van der Waals surface area contributed by atoms with Crippen molar-refractivity contribution in [3.8, 4) is 0 Å². The summed E-state index contributed by atoms with van der Waals surface area (Å²) < 4.78 is 1.27. The van der Waals surface area contributed by atoms with Crippen molar-refractivity contribution in [2.24, 2.45) is 0 Å². The van der Waals surface area contributed by atoms with Crippen LogP contribution >= 0.6 is 11.6 Å². The minimum Gasteiger partial charge on any atom is -0.292 e. The van der Waals surface area contributed by atoms with Crippen LogP contribution in [0, 0.1) is 10.1 Å². The average Bonchev–Trinajstić information content (AvgIpc) is 2.86. The van der Waals surface area contributed by atoms with Gasteiger partial charge in [0.25, 0.3) is 0 Å². The van der Waals surface area contributed by atoms with Gasteiger partial charge in [0.15, 0.2) is 5.78 Å².